The van der Waals surface area contributed by atoms with Crippen LogP contribution in [0.5, 0.6) is 6.01 Å². The SMILES string of the molecule is O[C@@H]1CO[C@H]2[C@@H]1OC[C@H]2Oc1nc2nc(NCc3cccc4ccccc34)c(Cl)cc2[nH]1. The van der Waals surface area contributed by atoms with E-state index >= 15 is 0 Å². The highest BCUT2D eigenvalue weighted by atomic mass is 35.5. The Labute approximate surface area is 188 Å². The van der Waals surface area contributed by atoms with E-state index in [4.69, 9.17) is 25.8 Å². The highest BCUT2D eigenvalue weighted by Crippen LogP contribution is 2.31. The number of anilines is 1. The molecule has 9 heteroatoms. The second-order valence-electron chi connectivity index (χ2n) is 8.04. The minimum absolute atomic E-state index is 0.248. The predicted octanol–water partition coefficient (Wildman–Crippen LogP) is 3.28. The molecule has 8 nitrogen and oxygen atoms in total. The Bertz CT molecular complexity index is 1290. The molecule has 2 aromatic heterocycles. The number of ether oxygens (including phenoxy) is 3. The molecule has 0 amide bonds. The minimum atomic E-state index is -0.625. The molecule has 2 fully saturated rings. The molecule has 0 unspecified atom stereocenters. The average molecular weight is 453 g/mol. The summed E-state index contributed by atoms with van der Waals surface area (Å²) < 4.78 is 17.2. The van der Waals surface area contributed by atoms with Gasteiger partial charge in [0.05, 0.1) is 23.8 Å². The van der Waals surface area contributed by atoms with Crippen molar-refractivity contribution in [2.75, 3.05) is 18.5 Å². The fourth-order valence-corrected chi connectivity index (χ4v) is 4.61. The van der Waals surface area contributed by atoms with Crippen molar-refractivity contribution in [3.05, 3.63) is 59.1 Å². The normalized spacial score (nSPS) is 24.8. The molecule has 32 heavy (non-hydrogen) atoms. The molecule has 6 rings (SSSR count). The summed E-state index contributed by atoms with van der Waals surface area (Å²) in [5, 5.41) is 16.1. The number of aromatic amines is 1. The molecule has 4 aromatic rings. The highest BCUT2D eigenvalue weighted by Gasteiger charge is 2.48. The smallest absolute Gasteiger partial charge is 0.296 e. The number of H-pyrrole nitrogens is 1. The molecule has 0 radical (unpaired) electrons. The highest BCUT2D eigenvalue weighted by molar-refractivity contribution is 6.33. The van der Waals surface area contributed by atoms with Crippen LogP contribution in [0.3, 0.4) is 0 Å². The number of aliphatic hydroxyl groups excluding tert-OH is 1. The molecule has 2 saturated heterocycles. The summed E-state index contributed by atoms with van der Waals surface area (Å²) >= 11 is 6.47. The molecule has 4 atom stereocenters. The summed E-state index contributed by atoms with van der Waals surface area (Å²) in [5.74, 6) is 0.552. The number of aliphatic hydroxyl groups is 1. The van der Waals surface area contributed by atoms with Crippen LogP contribution in [0, 0.1) is 0 Å². The number of hydrogen-bond acceptors (Lipinski definition) is 7. The monoisotopic (exact) mass is 452 g/mol. The van der Waals surface area contributed by atoms with Crippen LogP contribution in [0.1, 0.15) is 5.56 Å². The van der Waals surface area contributed by atoms with Gasteiger partial charge in [-0.3, -0.25) is 0 Å². The van der Waals surface area contributed by atoms with Gasteiger partial charge in [-0.1, -0.05) is 54.1 Å². The number of hydrogen-bond donors (Lipinski definition) is 3. The van der Waals surface area contributed by atoms with Gasteiger partial charge in [0.1, 0.15) is 24.1 Å². The van der Waals surface area contributed by atoms with E-state index in [9.17, 15) is 5.11 Å². The number of imidazole rings is 1. The van der Waals surface area contributed by atoms with Crippen LogP contribution in [0.2, 0.25) is 5.02 Å². The van der Waals surface area contributed by atoms with E-state index in [-0.39, 0.29) is 24.9 Å². The zero-order valence-electron chi connectivity index (χ0n) is 17.0. The molecule has 0 saturated carbocycles. The number of nitrogens with one attached hydrogen (secondary N) is 2. The van der Waals surface area contributed by atoms with Crippen LogP contribution in [-0.2, 0) is 16.0 Å². The second-order valence-corrected chi connectivity index (χ2v) is 8.45. The predicted molar refractivity (Wildman–Crippen MR) is 120 cm³/mol. The Hall–Kier alpha value is -2.91. The zero-order valence-corrected chi connectivity index (χ0v) is 17.7. The lowest BCUT2D eigenvalue weighted by atomic mass is 10.0. The van der Waals surface area contributed by atoms with Crippen molar-refractivity contribution in [2.24, 2.45) is 0 Å². The van der Waals surface area contributed by atoms with Gasteiger partial charge in [-0.2, -0.15) is 4.98 Å². The van der Waals surface area contributed by atoms with Crippen LogP contribution >= 0.6 is 11.6 Å². The zero-order chi connectivity index (χ0) is 21.7. The van der Waals surface area contributed by atoms with E-state index in [0.29, 0.717) is 41.2 Å². The van der Waals surface area contributed by atoms with E-state index in [1.165, 1.54) is 10.8 Å². The maximum Gasteiger partial charge on any atom is 0.296 e. The first kappa shape index (κ1) is 19.8. The topological polar surface area (TPSA) is 102 Å². The standard InChI is InChI=1S/C23H21ClN4O4/c24-15-8-16-22(28-23(26-16)32-18-11-31-19-17(29)10-30-20(18)19)27-21(15)25-9-13-6-3-5-12-4-1-2-7-14(12)13/h1-8,17-20,29H,9-11H2,(H2,25,26,27,28)/t17-,18-,19-,20-/m1/s1. The number of pyridine rings is 1. The summed E-state index contributed by atoms with van der Waals surface area (Å²) in [6.07, 6.45) is -1.65. The third-order valence-corrected chi connectivity index (χ3v) is 6.26. The molecule has 2 aromatic carbocycles. The molecule has 164 valence electrons. The van der Waals surface area contributed by atoms with Gasteiger partial charge < -0.3 is 29.6 Å². The second kappa shape index (κ2) is 7.90. The van der Waals surface area contributed by atoms with Gasteiger partial charge in [0.25, 0.3) is 6.01 Å². The summed E-state index contributed by atoms with van der Waals surface area (Å²) in [6.45, 7) is 1.16. The Morgan fingerprint density at radius 1 is 1.09 bits per heavy atom. The van der Waals surface area contributed by atoms with Crippen LogP contribution in [0.4, 0.5) is 5.82 Å². The van der Waals surface area contributed by atoms with Crippen LogP contribution in [0.15, 0.2) is 48.5 Å². The first-order valence-electron chi connectivity index (χ1n) is 10.5. The first-order chi connectivity index (χ1) is 15.7. The average Bonchev–Trinajstić information content (AvgIpc) is 3.49. The number of benzene rings is 2. The van der Waals surface area contributed by atoms with Gasteiger partial charge in [0.15, 0.2) is 11.8 Å². The summed E-state index contributed by atoms with van der Waals surface area (Å²) in [5.41, 5.74) is 2.32. The number of rotatable bonds is 5. The maximum absolute atomic E-state index is 9.89. The summed E-state index contributed by atoms with van der Waals surface area (Å²) in [7, 11) is 0. The summed E-state index contributed by atoms with van der Waals surface area (Å²) in [4.78, 5) is 12.1. The van der Waals surface area contributed by atoms with Crippen molar-refractivity contribution in [1.29, 1.82) is 0 Å². The molecule has 0 aliphatic carbocycles. The minimum Gasteiger partial charge on any atom is -0.456 e. The van der Waals surface area contributed by atoms with Crippen LogP contribution in [-0.4, -0.2) is 57.7 Å². The van der Waals surface area contributed by atoms with Gasteiger partial charge in [-0.25, -0.2) is 4.98 Å². The molecule has 2 aliphatic rings. The van der Waals surface area contributed by atoms with Crippen molar-refractivity contribution in [3.63, 3.8) is 0 Å². The van der Waals surface area contributed by atoms with Crippen molar-refractivity contribution < 1.29 is 19.3 Å². The van der Waals surface area contributed by atoms with E-state index in [1.807, 2.05) is 18.2 Å². The third kappa shape index (κ3) is 3.45. The number of aromatic nitrogens is 3. The van der Waals surface area contributed by atoms with Gasteiger partial charge in [0.2, 0.25) is 0 Å². The van der Waals surface area contributed by atoms with Crippen LogP contribution in [0.25, 0.3) is 21.9 Å². The third-order valence-electron chi connectivity index (χ3n) is 5.98. The molecular formula is C23H21ClN4O4. The Morgan fingerprint density at radius 2 is 1.94 bits per heavy atom. The van der Waals surface area contributed by atoms with Gasteiger partial charge in [-0.05, 0) is 22.4 Å². The lowest BCUT2D eigenvalue weighted by molar-refractivity contribution is 0.00706. The molecule has 0 bridgehead atoms. The van der Waals surface area contributed by atoms with Crippen LogP contribution < -0.4 is 10.1 Å². The van der Waals surface area contributed by atoms with E-state index in [1.54, 1.807) is 6.07 Å². The molecule has 2 aliphatic heterocycles. The van der Waals surface area contributed by atoms with Crippen molar-refractivity contribution in [2.45, 2.75) is 31.0 Å². The Morgan fingerprint density at radius 3 is 2.88 bits per heavy atom. The maximum atomic E-state index is 9.89. The van der Waals surface area contributed by atoms with Crippen molar-refractivity contribution in [1.82, 2.24) is 15.0 Å². The quantitative estimate of drug-likeness (QED) is 0.427. The lowest BCUT2D eigenvalue weighted by Gasteiger charge is -2.15. The van der Waals surface area contributed by atoms with E-state index < -0.39 is 6.10 Å². The molecule has 0 spiro atoms. The van der Waals surface area contributed by atoms with Gasteiger partial charge in [-0.15, -0.1) is 0 Å². The fourth-order valence-electron chi connectivity index (χ4n) is 4.39. The van der Waals surface area contributed by atoms with E-state index in [0.717, 1.165) is 5.56 Å². The van der Waals surface area contributed by atoms with Gasteiger partial charge >= 0.3 is 0 Å². The lowest BCUT2D eigenvalue weighted by Crippen LogP contribution is -2.34. The number of nitrogens with zero attached hydrogens (tertiary/aromatic N) is 2. The van der Waals surface area contributed by atoms with Crippen molar-refractivity contribution >= 4 is 39.4 Å². The Balaban J connectivity index is 1.21. The molecule has 4 heterocycles. The fraction of sp³-hybridized carbons (Fsp3) is 0.304. The number of halogens is 1. The first-order valence-corrected chi connectivity index (χ1v) is 10.9. The van der Waals surface area contributed by atoms with Crippen molar-refractivity contribution in [3.8, 4) is 6.01 Å². The summed E-state index contributed by atoms with van der Waals surface area (Å²) in [6, 6.07) is 16.6. The number of fused-ring (bicyclic) bond motifs is 3. The van der Waals surface area contributed by atoms with Gasteiger partial charge in [0, 0.05) is 6.54 Å². The molecular weight excluding hydrogens is 432 g/mol. The van der Waals surface area contributed by atoms with E-state index in [2.05, 4.69) is 44.5 Å². The largest absolute Gasteiger partial charge is 0.456 e. The Kier molecular flexibility index (Phi) is 4.87. The molecule has 3 N–H and O–H groups in total.